The fraction of sp³-hybridized carbons (Fsp3) is 0.714. The maximum atomic E-state index is 5.06. The van der Waals surface area contributed by atoms with E-state index in [4.69, 9.17) is 4.74 Å². The summed E-state index contributed by atoms with van der Waals surface area (Å²) in [5, 5.41) is 0. The Labute approximate surface area is 59.3 Å². The van der Waals surface area contributed by atoms with Crippen LogP contribution in [0.1, 0.15) is 13.8 Å². The Balaban J connectivity index is 3.20. The summed E-state index contributed by atoms with van der Waals surface area (Å²) in [5.74, 6) is 0. The van der Waals surface area contributed by atoms with E-state index in [0.717, 1.165) is 6.61 Å². The van der Waals surface area contributed by atoms with Crippen molar-refractivity contribution in [2.75, 3.05) is 6.61 Å². The maximum Gasteiger partial charge on any atom is 0.0844 e. The summed E-state index contributed by atoms with van der Waals surface area (Å²) in [4.78, 5) is 0. The van der Waals surface area contributed by atoms with E-state index in [1.165, 1.54) is 6.04 Å². The van der Waals surface area contributed by atoms with Gasteiger partial charge in [-0.15, -0.1) is 0 Å². The molecule has 0 saturated carbocycles. The second-order valence-electron chi connectivity index (χ2n) is 2.17. The van der Waals surface area contributed by atoms with E-state index < -0.39 is 8.80 Å². The largest absolute Gasteiger partial charge is 0.502 e. The molecular formula is C7H16OSi. The van der Waals surface area contributed by atoms with Crippen molar-refractivity contribution in [3.8, 4) is 0 Å². The van der Waals surface area contributed by atoms with Crippen LogP contribution in [0.15, 0.2) is 12.0 Å². The molecule has 0 aliphatic rings. The van der Waals surface area contributed by atoms with Gasteiger partial charge < -0.3 is 4.74 Å². The molecule has 0 amide bonds. The number of rotatable bonds is 4. The van der Waals surface area contributed by atoms with Crippen molar-refractivity contribution in [2.45, 2.75) is 26.4 Å². The van der Waals surface area contributed by atoms with Gasteiger partial charge in [0.25, 0.3) is 0 Å². The fourth-order valence-electron chi connectivity index (χ4n) is 0.422. The lowest BCUT2D eigenvalue weighted by molar-refractivity contribution is 0.270. The highest BCUT2D eigenvalue weighted by atomic mass is 28.3. The van der Waals surface area contributed by atoms with Crippen LogP contribution in [-0.4, -0.2) is 15.4 Å². The first-order chi connectivity index (χ1) is 4.31. The maximum absolute atomic E-state index is 5.06. The molecule has 9 heavy (non-hydrogen) atoms. The van der Waals surface area contributed by atoms with Crippen molar-refractivity contribution in [1.82, 2.24) is 0 Å². The standard InChI is InChI=1S/C7H16OSi/c1-4-8-6-7-9(3)5-2/h6-7,9H,4-5H2,1-3H3. The Morgan fingerprint density at radius 3 is 2.56 bits per heavy atom. The van der Waals surface area contributed by atoms with Gasteiger partial charge in [0.1, 0.15) is 0 Å². The lowest BCUT2D eigenvalue weighted by atomic mass is 10.9. The summed E-state index contributed by atoms with van der Waals surface area (Å²) in [6.45, 7) is 7.34. The molecule has 0 aromatic heterocycles. The first-order valence-corrected chi connectivity index (χ1v) is 6.23. The smallest absolute Gasteiger partial charge is 0.0844 e. The van der Waals surface area contributed by atoms with Gasteiger partial charge in [-0.25, -0.2) is 0 Å². The topological polar surface area (TPSA) is 9.23 Å². The van der Waals surface area contributed by atoms with Crippen LogP contribution < -0.4 is 0 Å². The van der Waals surface area contributed by atoms with Crippen molar-refractivity contribution in [2.24, 2.45) is 0 Å². The van der Waals surface area contributed by atoms with Crippen molar-refractivity contribution in [3.63, 3.8) is 0 Å². The highest BCUT2D eigenvalue weighted by Gasteiger charge is 1.91. The van der Waals surface area contributed by atoms with Gasteiger partial charge in [-0.1, -0.05) is 25.2 Å². The molecule has 0 spiro atoms. The first kappa shape index (κ1) is 8.76. The SMILES string of the molecule is CCOC=C[SiH](C)CC. The summed E-state index contributed by atoms with van der Waals surface area (Å²) in [6.07, 6.45) is 1.85. The minimum Gasteiger partial charge on any atom is -0.502 e. The second-order valence-corrected chi connectivity index (χ2v) is 5.33. The molecule has 0 radical (unpaired) electrons. The Morgan fingerprint density at radius 2 is 2.11 bits per heavy atom. The van der Waals surface area contributed by atoms with Gasteiger partial charge in [0.05, 0.1) is 21.7 Å². The van der Waals surface area contributed by atoms with Gasteiger partial charge in [-0.2, -0.15) is 0 Å². The third-order valence-electron chi connectivity index (χ3n) is 1.31. The van der Waals surface area contributed by atoms with E-state index in [1.54, 1.807) is 0 Å². The molecule has 2 heteroatoms. The fourth-order valence-corrected chi connectivity index (χ4v) is 1.07. The molecule has 0 fully saturated rings. The van der Waals surface area contributed by atoms with Crippen LogP contribution in [0.3, 0.4) is 0 Å². The van der Waals surface area contributed by atoms with Gasteiger partial charge in [0.15, 0.2) is 0 Å². The van der Waals surface area contributed by atoms with Gasteiger partial charge in [0.2, 0.25) is 0 Å². The molecule has 54 valence electrons. The zero-order valence-electron chi connectivity index (χ0n) is 6.55. The lowest BCUT2D eigenvalue weighted by Gasteiger charge is -1.97. The lowest BCUT2D eigenvalue weighted by Crippen LogP contribution is -1.98. The Kier molecular flexibility index (Phi) is 5.73. The molecular weight excluding hydrogens is 128 g/mol. The van der Waals surface area contributed by atoms with Crippen molar-refractivity contribution in [1.29, 1.82) is 0 Å². The van der Waals surface area contributed by atoms with E-state index in [0.29, 0.717) is 0 Å². The van der Waals surface area contributed by atoms with Crippen LogP contribution in [-0.2, 0) is 4.74 Å². The highest BCUT2D eigenvalue weighted by Crippen LogP contribution is 1.91. The van der Waals surface area contributed by atoms with Crippen LogP contribution in [0.2, 0.25) is 12.6 Å². The average Bonchev–Trinajstić information content (AvgIpc) is 1.89. The average molecular weight is 144 g/mol. The normalized spacial score (nSPS) is 14.1. The summed E-state index contributed by atoms with van der Waals surface area (Å²) in [6, 6.07) is 1.32. The molecule has 1 nitrogen and oxygen atoms in total. The van der Waals surface area contributed by atoms with Crippen LogP contribution >= 0.6 is 0 Å². The molecule has 0 heterocycles. The minimum absolute atomic E-state index is 0.518. The van der Waals surface area contributed by atoms with Gasteiger partial charge >= 0.3 is 0 Å². The molecule has 1 unspecified atom stereocenters. The summed E-state index contributed by atoms with van der Waals surface area (Å²) in [5.41, 5.74) is 2.23. The summed E-state index contributed by atoms with van der Waals surface area (Å²) < 4.78 is 5.06. The highest BCUT2D eigenvalue weighted by molar-refractivity contribution is 6.62. The molecule has 0 aromatic rings. The van der Waals surface area contributed by atoms with E-state index in [2.05, 4.69) is 19.2 Å². The Hall–Kier alpha value is -0.243. The summed E-state index contributed by atoms with van der Waals surface area (Å²) in [7, 11) is -0.518. The zero-order valence-corrected chi connectivity index (χ0v) is 7.71. The van der Waals surface area contributed by atoms with Gasteiger partial charge in [0, 0.05) is 0 Å². The van der Waals surface area contributed by atoms with Crippen molar-refractivity contribution in [3.05, 3.63) is 12.0 Å². The van der Waals surface area contributed by atoms with Gasteiger partial charge in [-0.3, -0.25) is 0 Å². The molecule has 0 aliphatic carbocycles. The molecule has 0 rings (SSSR count). The van der Waals surface area contributed by atoms with Crippen LogP contribution in [0.25, 0.3) is 0 Å². The van der Waals surface area contributed by atoms with E-state index in [9.17, 15) is 0 Å². The Bertz CT molecular complexity index is 81.0. The van der Waals surface area contributed by atoms with E-state index >= 15 is 0 Å². The third-order valence-corrected chi connectivity index (χ3v) is 3.42. The number of hydrogen-bond donors (Lipinski definition) is 0. The number of hydrogen-bond acceptors (Lipinski definition) is 1. The predicted octanol–water partition coefficient (Wildman–Crippen LogP) is 1.95. The molecule has 0 aromatic carbocycles. The van der Waals surface area contributed by atoms with Crippen LogP contribution in [0, 0.1) is 0 Å². The first-order valence-electron chi connectivity index (χ1n) is 3.59. The van der Waals surface area contributed by atoms with Crippen molar-refractivity contribution < 1.29 is 4.74 Å². The van der Waals surface area contributed by atoms with E-state index in [-0.39, 0.29) is 0 Å². The molecule has 0 bridgehead atoms. The number of ether oxygens (including phenoxy) is 1. The quantitative estimate of drug-likeness (QED) is 0.433. The monoisotopic (exact) mass is 144 g/mol. The Morgan fingerprint density at radius 1 is 1.44 bits per heavy atom. The molecule has 0 N–H and O–H groups in total. The van der Waals surface area contributed by atoms with E-state index in [1.807, 2.05) is 13.2 Å². The molecule has 0 saturated heterocycles. The third kappa shape index (κ3) is 5.63. The molecule has 1 atom stereocenters. The van der Waals surface area contributed by atoms with Gasteiger partial charge in [-0.05, 0) is 6.92 Å². The van der Waals surface area contributed by atoms with Crippen molar-refractivity contribution >= 4 is 8.80 Å². The predicted molar refractivity (Wildman–Crippen MR) is 44.3 cm³/mol. The van der Waals surface area contributed by atoms with Crippen LogP contribution in [0.5, 0.6) is 0 Å². The van der Waals surface area contributed by atoms with Crippen LogP contribution in [0.4, 0.5) is 0 Å². The molecule has 0 aliphatic heterocycles. The zero-order chi connectivity index (χ0) is 7.11. The second kappa shape index (κ2) is 5.89. The summed E-state index contributed by atoms with van der Waals surface area (Å²) >= 11 is 0. The minimum atomic E-state index is -0.518.